The SMILES string of the molecule is COC(=O)[C@@H](C)NC(=O)c1cc(-c2ccc(Cl)cc2)n[nH]1. The van der Waals surface area contributed by atoms with E-state index in [9.17, 15) is 9.59 Å². The first kappa shape index (κ1) is 15.1. The van der Waals surface area contributed by atoms with Crippen LogP contribution < -0.4 is 5.32 Å². The molecule has 0 bridgehead atoms. The van der Waals surface area contributed by atoms with Gasteiger partial charge < -0.3 is 10.1 Å². The molecule has 1 atom stereocenters. The van der Waals surface area contributed by atoms with E-state index in [-0.39, 0.29) is 5.69 Å². The van der Waals surface area contributed by atoms with Crippen LogP contribution in [0.3, 0.4) is 0 Å². The third kappa shape index (κ3) is 3.61. The summed E-state index contributed by atoms with van der Waals surface area (Å²) in [4.78, 5) is 23.2. The van der Waals surface area contributed by atoms with Gasteiger partial charge in [-0.1, -0.05) is 23.7 Å². The molecule has 2 N–H and O–H groups in total. The van der Waals surface area contributed by atoms with Gasteiger partial charge >= 0.3 is 5.97 Å². The Morgan fingerprint density at radius 3 is 2.62 bits per heavy atom. The van der Waals surface area contributed by atoms with Gasteiger partial charge in [-0.3, -0.25) is 9.89 Å². The second-order valence-corrected chi connectivity index (χ2v) is 4.83. The number of ether oxygens (including phenoxy) is 1. The molecule has 7 heteroatoms. The highest BCUT2D eigenvalue weighted by atomic mass is 35.5. The maximum Gasteiger partial charge on any atom is 0.328 e. The lowest BCUT2D eigenvalue weighted by atomic mass is 10.1. The summed E-state index contributed by atoms with van der Waals surface area (Å²) in [5.41, 5.74) is 1.70. The third-order valence-corrected chi connectivity index (χ3v) is 3.12. The highest BCUT2D eigenvalue weighted by molar-refractivity contribution is 6.30. The van der Waals surface area contributed by atoms with Crippen LogP contribution in [-0.4, -0.2) is 35.2 Å². The standard InChI is InChI=1S/C14H14ClN3O3/c1-8(14(20)21-2)16-13(19)12-7-11(17-18-12)9-3-5-10(15)6-4-9/h3-8H,1-2H3,(H,16,19)(H,17,18)/t8-/m1/s1. The predicted molar refractivity (Wildman–Crippen MR) is 78.0 cm³/mol. The number of aromatic amines is 1. The molecule has 0 aliphatic rings. The van der Waals surface area contributed by atoms with Crippen LogP contribution >= 0.6 is 11.6 Å². The van der Waals surface area contributed by atoms with Crippen molar-refractivity contribution in [1.82, 2.24) is 15.5 Å². The maximum atomic E-state index is 12.0. The molecule has 0 fully saturated rings. The van der Waals surface area contributed by atoms with Gasteiger partial charge in [-0.05, 0) is 25.1 Å². The number of H-pyrrole nitrogens is 1. The zero-order valence-electron chi connectivity index (χ0n) is 11.5. The van der Waals surface area contributed by atoms with Crippen LogP contribution in [0.5, 0.6) is 0 Å². The van der Waals surface area contributed by atoms with Gasteiger partial charge in [0.2, 0.25) is 0 Å². The first-order valence-corrected chi connectivity index (χ1v) is 6.59. The summed E-state index contributed by atoms with van der Waals surface area (Å²) in [7, 11) is 1.26. The van der Waals surface area contributed by atoms with E-state index in [1.807, 2.05) is 0 Å². The minimum absolute atomic E-state index is 0.260. The average Bonchev–Trinajstić information content (AvgIpc) is 2.97. The number of rotatable bonds is 4. The average molecular weight is 308 g/mol. The van der Waals surface area contributed by atoms with E-state index >= 15 is 0 Å². The number of nitrogens with one attached hydrogen (secondary N) is 2. The number of esters is 1. The van der Waals surface area contributed by atoms with Gasteiger partial charge in [0.05, 0.1) is 12.8 Å². The monoisotopic (exact) mass is 307 g/mol. The molecule has 1 heterocycles. The van der Waals surface area contributed by atoms with E-state index in [2.05, 4.69) is 20.3 Å². The number of aromatic nitrogens is 2. The van der Waals surface area contributed by atoms with Crippen LogP contribution in [0.4, 0.5) is 0 Å². The van der Waals surface area contributed by atoms with Crippen molar-refractivity contribution < 1.29 is 14.3 Å². The van der Waals surface area contributed by atoms with E-state index in [0.717, 1.165) is 5.56 Å². The molecule has 1 aromatic carbocycles. The quantitative estimate of drug-likeness (QED) is 0.846. The van der Waals surface area contributed by atoms with Crippen molar-refractivity contribution in [1.29, 1.82) is 0 Å². The van der Waals surface area contributed by atoms with Gasteiger partial charge in [-0.25, -0.2) is 4.79 Å². The fraction of sp³-hybridized carbons (Fsp3) is 0.214. The lowest BCUT2D eigenvalue weighted by Gasteiger charge is -2.09. The van der Waals surface area contributed by atoms with Crippen LogP contribution in [-0.2, 0) is 9.53 Å². The Bertz CT molecular complexity index is 652. The van der Waals surface area contributed by atoms with E-state index in [0.29, 0.717) is 10.7 Å². The number of hydrogen-bond acceptors (Lipinski definition) is 4. The van der Waals surface area contributed by atoms with Gasteiger partial charge in [0, 0.05) is 10.6 Å². The largest absolute Gasteiger partial charge is 0.467 e. The molecule has 2 aromatic rings. The number of carbonyl (C=O) groups excluding carboxylic acids is 2. The summed E-state index contributed by atoms with van der Waals surface area (Å²) >= 11 is 5.82. The zero-order valence-corrected chi connectivity index (χ0v) is 12.3. The van der Waals surface area contributed by atoms with Crippen molar-refractivity contribution in [2.45, 2.75) is 13.0 Å². The maximum absolute atomic E-state index is 12.0. The lowest BCUT2D eigenvalue weighted by Crippen LogP contribution is -2.39. The molecule has 21 heavy (non-hydrogen) atoms. The van der Waals surface area contributed by atoms with Gasteiger partial charge in [0.25, 0.3) is 5.91 Å². The van der Waals surface area contributed by atoms with Crippen molar-refractivity contribution in [3.63, 3.8) is 0 Å². The summed E-state index contributed by atoms with van der Waals surface area (Å²) in [6.45, 7) is 1.54. The minimum Gasteiger partial charge on any atom is -0.467 e. The highest BCUT2D eigenvalue weighted by Gasteiger charge is 2.18. The van der Waals surface area contributed by atoms with Gasteiger partial charge in [0.15, 0.2) is 0 Å². The van der Waals surface area contributed by atoms with E-state index < -0.39 is 17.9 Å². The van der Waals surface area contributed by atoms with Crippen molar-refractivity contribution in [3.8, 4) is 11.3 Å². The summed E-state index contributed by atoms with van der Waals surface area (Å²) in [5.74, 6) is -0.943. The zero-order chi connectivity index (χ0) is 15.4. The molecule has 0 saturated heterocycles. The fourth-order valence-electron chi connectivity index (χ4n) is 1.72. The van der Waals surface area contributed by atoms with Gasteiger partial charge in [-0.2, -0.15) is 5.10 Å². The number of methoxy groups -OCH3 is 1. The molecular weight excluding hydrogens is 294 g/mol. The van der Waals surface area contributed by atoms with E-state index in [4.69, 9.17) is 11.6 Å². The smallest absolute Gasteiger partial charge is 0.328 e. The Morgan fingerprint density at radius 1 is 1.33 bits per heavy atom. The highest BCUT2D eigenvalue weighted by Crippen LogP contribution is 2.20. The number of halogens is 1. The molecule has 110 valence electrons. The Morgan fingerprint density at radius 2 is 2.00 bits per heavy atom. The van der Waals surface area contributed by atoms with Crippen molar-refractivity contribution in [3.05, 3.63) is 41.0 Å². The second-order valence-electron chi connectivity index (χ2n) is 4.39. The van der Waals surface area contributed by atoms with Gasteiger partial charge in [0.1, 0.15) is 11.7 Å². The summed E-state index contributed by atoms with van der Waals surface area (Å²) in [6, 6.07) is 7.96. The number of nitrogens with zero attached hydrogens (tertiary/aromatic N) is 1. The summed E-state index contributed by atoms with van der Waals surface area (Å²) in [6.07, 6.45) is 0. The Labute approximate surface area is 126 Å². The molecule has 0 aliphatic heterocycles. The Kier molecular flexibility index (Phi) is 4.59. The number of benzene rings is 1. The summed E-state index contributed by atoms with van der Waals surface area (Å²) in [5, 5.41) is 9.84. The van der Waals surface area contributed by atoms with Crippen LogP contribution in [0.2, 0.25) is 5.02 Å². The molecule has 6 nitrogen and oxygen atoms in total. The van der Waals surface area contributed by atoms with E-state index in [1.54, 1.807) is 37.3 Å². The molecule has 0 spiro atoms. The number of hydrogen-bond donors (Lipinski definition) is 2. The predicted octanol–water partition coefficient (Wildman–Crippen LogP) is 2.02. The number of carbonyl (C=O) groups is 2. The Balaban J connectivity index is 2.10. The first-order valence-electron chi connectivity index (χ1n) is 6.21. The van der Waals surface area contributed by atoms with Crippen molar-refractivity contribution >= 4 is 23.5 Å². The molecule has 1 amide bonds. The van der Waals surface area contributed by atoms with Crippen molar-refractivity contribution in [2.75, 3.05) is 7.11 Å². The van der Waals surface area contributed by atoms with Crippen molar-refractivity contribution in [2.24, 2.45) is 0 Å². The molecule has 1 aromatic heterocycles. The molecule has 0 saturated carbocycles. The third-order valence-electron chi connectivity index (χ3n) is 2.86. The van der Waals surface area contributed by atoms with E-state index in [1.165, 1.54) is 7.11 Å². The van der Waals surface area contributed by atoms with Crippen LogP contribution in [0.25, 0.3) is 11.3 Å². The molecule has 2 rings (SSSR count). The molecule has 0 aliphatic carbocycles. The summed E-state index contributed by atoms with van der Waals surface area (Å²) < 4.78 is 4.54. The van der Waals surface area contributed by atoms with Crippen LogP contribution in [0, 0.1) is 0 Å². The first-order chi connectivity index (χ1) is 10.0. The van der Waals surface area contributed by atoms with Crippen LogP contribution in [0.15, 0.2) is 30.3 Å². The normalized spacial score (nSPS) is 11.8. The number of amides is 1. The fourth-order valence-corrected chi connectivity index (χ4v) is 1.84. The molecule has 0 radical (unpaired) electrons. The van der Waals surface area contributed by atoms with Gasteiger partial charge in [-0.15, -0.1) is 0 Å². The minimum atomic E-state index is -0.732. The molecular formula is C14H14ClN3O3. The Hall–Kier alpha value is -2.34. The van der Waals surface area contributed by atoms with Crippen LogP contribution in [0.1, 0.15) is 17.4 Å². The molecule has 0 unspecified atom stereocenters. The topological polar surface area (TPSA) is 84.1 Å². The lowest BCUT2D eigenvalue weighted by molar-refractivity contribution is -0.142. The second kappa shape index (κ2) is 6.41.